The van der Waals surface area contributed by atoms with Crippen LogP contribution in [0.2, 0.25) is 0 Å². The lowest BCUT2D eigenvalue weighted by molar-refractivity contribution is -0.694. The van der Waals surface area contributed by atoms with E-state index in [1.54, 1.807) is 0 Å². The number of carbonyl (C=O) groups is 1. The fraction of sp³-hybridized carbons (Fsp3) is 0.250. The topological polar surface area (TPSA) is 41.2 Å². The third-order valence-corrected chi connectivity index (χ3v) is 2.10. The molecule has 0 saturated heterocycles. The minimum Gasteiger partial charge on any atom is -0.480 e. The Morgan fingerprint density at radius 2 is 2.00 bits per heavy atom. The molecule has 0 aliphatic rings. The normalized spacial score (nSPS) is 12.4. The van der Waals surface area contributed by atoms with Gasteiger partial charge in [0.1, 0.15) is 0 Å². The molecule has 0 aliphatic carbocycles. The van der Waals surface area contributed by atoms with Crippen LogP contribution in [0.15, 0.2) is 30.6 Å². The molecule has 0 spiro atoms. The highest BCUT2D eigenvalue weighted by molar-refractivity contribution is 9.10. The number of aromatic nitrogens is 1. The first-order valence-electron chi connectivity index (χ1n) is 3.51. The van der Waals surface area contributed by atoms with Crippen molar-refractivity contribution < 1.29 is 14.5 Å². The SMILES string of the molecule is O=C(O)[C@H](Br)C[n+]1ccccc1. The summed E-state index contributed by atoms with van der Waals surface area (Å²) in [4.78, 5) is 9.92. The fourth-order valence-corrected chi connectivity index (χ4v) is 1.15. The molecule has 0 fully saturated rings. The summed E-state index contributed by atoms with van der Waals surface area (Å²) < 4.78 is 1.81. The van der Waals surface area contributed by atoms with Gasteiger partial charge in [-0.2, -0.15) is 0 Å². The summed E-state index contributed by atoms with van der Waals surface area (Å²) in [5, 5.41) is 8.58. The van der Waals surface area contributed by atoms with Crippen LogP contribution in [0, 0.1) is 0 Å². The van der Waals surface area contributed by atoms with Crippen molar-refractivity contribution in [2.75, 3.05) is 0 Å². The molecule has 64 valence electrons. The first-order chi connectivity index (χ1) is 5.70. The molecule has 1 rings (SSSR count). The molecule has 1 aromatic heterocycles. The van der Waals surface area contributed by atoms with Crippen molar-refractivity contribution in [3.05, 3.63) is 30.6 Å². The molecule has 1 heterocycles. The van der Waals surface area contributed by atoms with Crippen LogP contribution in [0.5, 0.6) is 0 Å². The first-order valence-corrected chi connectivity index (χ1v) is 4.42. The molecular weight excluding hydrogens is 222 g/mol. The molecule has 0 aliphatic heterocycles. The van der Waals surface area contributed by atoms with Crippen LogP contribution >= 0.6 is 15.9 Å². The fourth-order valence-electron chi connectivity index (χ4n) is 0.819. The Hall–Kier alpha value is -0.900. The maximum absolute atomic E-state index is 10.4. The second-order valence-electron chi connectivity index (χ2n) is 2.38. The molecule has 4 heteroatoms. The van der Waals surface area contributed by atoms with Gasteiger partial charge in [0.15, 0.2) is 23.8 Å². The van der Waals surface area contributed by atoms with E-state index >= 15 is 0 Å². The standard InChI is InChI=1S/C8H8BrNO2/c9-7(8(11)12)6-10-4-2-1-3-5-10/h1-5,7H,6H2/p+1/t7-/m1/s1. The summed E-state index contributed by atoms with van der Waals surface area (Å²) in [6.07, 6.45) is 3.66. The number of pyridine rings is 1. The molecular formula is C8H9BrNO2+. The molecule has 0 unspecified atom stereocenters. The van der Waals surface area contributed by atoms with Crippen molar-refractivity contribution >= 4 is 21.9 Å². The number of hydrogen-bond donors (Lipinski definition) is 1. The van der Waals surface area contributed by atoms with E-state index in [0.717, 1.165) is 0 Å². The molecule has 1 N–H and O–H groups in total. The highest BCUT2D eigenvalue weighted by atomic mass is 79.9. The molecule has 0 aromatic carbocycles. The van der Waals surface area contributed by atoms with E-state index in [4.69, 9.17) is 5.11 Å². The van der Waals surface area contributed by atoms with E-state index < -0.39 is 10.8 Å². The number of carboxylic acid groups (broad SMARTS) is 1. The number of aliphatic carboxylic acids is 1. The number of rotatable bonds is 3. The molecule has 0 saturated carbocycles. The third-order valence-electron chi connectivity index (χ3n) is 1.42. The second kappa shape index (κ2) is 4.21. The van der Waals surface area contributed by atoms with E-state index in [2.05, 4.69) is 15.9 Å². The number of halogens is 1. The lowest BCUT2D eigenvalue weighted by atomic mass is 10.4. The van der Waals surface area contributed by atoms with Gasteiger partial charge in [-0.25, -0.2) is 4.57 Å². The van der Waals surface area contributed by atoms with Gasteiger partial charge in [-0.15, -0.1) is 0 Å². The Kier molecular flexibility index (Phi) is 3.22. The lowest BCUT2D eigenvalue weighted by Gasteiger charge is -1.98. The van der Waals surface area contributed by atoms with Crippen molar-refractivity contribution in [1.29, 1.82) is 0 Å². The van der Waals surface area contributed by atoms with Gasteiger partial charge in [0.2, 0.25) is 0 Å². The second-order valence-corrected chi connectivity index (χ2v) is 3.48. The number of alkyl halides is 1. The van der Waals surface area contributed by atoms with E-state index in [1.807, 2.05) is 35.2 Å². The van der Waals surface area contributed by atoms with E-state index in [9.17, 15) is 4.79 Å². The monoisotopic (exact) mass is 230 g/mol. The van der Waals surface area contributed by atoms with Crippen LogP contribution in [-0.4, -0.2) is 15.9 Å². The first kappa shape index (κ1) is 9.19. The largest absolute Gasteiger partial charge is 0.480 e. The van der Waals surface area contributed by atoms with Crippen LogP contribution in [0.3, 0.4) is 0 Å². The zero-order chi connectivity index (χ0) is 8.97. The van der Waals surface area contributed by atoms with Crippen molar-refractivity contribution in [2.45, 2.75) is 11.4 Å². The van der Waals surface area contributed by atoms with Crippen LogP contribution in [0.25, 0.3) is 0 Å². The molecule has 0 amide bonds. The van der Waals surface area contributed by atoms with Gasteiger partial charge in [-0.05, 0) is 0 Å². The molecule has 1 aromatic rings. The molecule has 0 bridgehead atoms. The Morgan fingerprint density at radius 1 is 1.42 bits per heavy atom. The molecule has 0 radical (unpaired) electrons. The van der Waals surface area contributed by atoms with Crippen molar-refractivity contribution in [1.82, 2.24) is 0 Å². The zero-order valence-corrected chi connectivity index (χ0v) is 7.94. The average Bonchev–Trinajstić information content (AvgIpc) is 2.06. The number of nitrogens with zero attached hydrogens (tertiary/aromatic N) is 1. The summed E-state index contributed by atoms with van der Waals surface area (Å²) in [6.45, 7) is 0.441. The quantitative estimate of drug-likeness (QED) is 0.618. The van der Waals surface area contributed by atoms with Gasteiger partial charge in [-0.3, -0.25) is 4.79 Å². The van der Waals surface area contributed by atoms with Crippen molar-refractivity contribution in [3.8, 4) is 0 Å². The van der Waals surface area contributed by atoms with Gasteiger partial charge in [-0.1, -0.05) is 22.0 Å². The smallest absolute Gasteiger partial charge is 0.323 e. The number of hydrogen-bond acceptors (Lipinski definition) is 1. The van der Waals surface area contributed by atoms with Gasteiger partial charge < -0.3 is 5.11 Å². The zero-order valence-electron chi connectivity index (χ0n) is 6.35. The molecule has 1 atom stereocenters. The Bertz CT molecular complexity index is 263. The minimum absolute atomic E-state index is 0.441. The summed E-state index contributed by atoms with van der Waals surface area (Å²) in [5.74, 6) is -0.841. The molecule has 3 nitrogen and oxygen atoms in total. The Morgan fingerprint density at radius 3 is 2.50 bits per heavy atom. The Balaban J connectivity index is 2.58. The van der Waals surface area contributed by atoms with Crippen molar-refractivity contribution in [2.24, 2.45) is 0 Å². The summed E-state index contributed by atoms with van der Waals surface area (Å²) in [7, 11) is 0. The maximum atomic E-state index is 10.4. The average molecular weight is 231 g/mol. The van der Waals surface area contributed by atoms with Crippen LogP contribution < -0.4 is 4.57 Å². The van der Waals surface area contributed by atoms with Crippen molar-refractivity contribution in [3.63, 3.8) is 0 Å². The maximum Gasteiger partial charge on any atom is 0.323 e. The summed E-state index contributed by atoms with van der Waals surface area (Å²) in [6, 6.07) is 5.61. The van der Waals surface area contributed by atoms with Gasteiger partial charge in [0, 0.05) is 12.1 Å². The predicted molar refractivity (Wildman–Crippen MR) is 47.0 cm³/mol. The summed E-state index contributed by atoms with van der Waals surface area (Å²) in [5.41, 5.74) is 0. The van der Waals surface area contributed by atoms with Gasteiger partial charge >= 0.3 is 5.97 Å². The van der Waals surface area contributed by atoms with Gasteiger partial charge in [0.05, 0.1) is 0 Å². The lowest BCUT2D eigenvalue weighted by Crippen LogP contribution is -2.39. The van der Waals surface area contributed by atoms with E-state index in [-0.39, 0.29) is 0 Å². The van der Waals surface area contributed by atoms with E-state index in [1.165, 1.54) is 0 Å². The van der Waals surface area contributed by atoms with E-state index in [0.29, 0.717) is 6.54 Å². The third kappa shape index (κ3) is 2.62. The van der Waals surface area contributed by atoms with Crippen LogP contribution in [0.1, 0.15) is 0 Å². The van der Waals surface area contributed by atoms with Crippen LogP contribution in [0.4, 0.5) is 0 Å². The molecule has 12 heavy (non-hydrogen) atoms. The minimum atomic E-state index is -0.841. The summed E-state index contributed by atoms with van der Waals surface area (Å²) >= 11 is 3.06. The highest BCUT2D eigenvalue weighted by Gasteiger charge is 2.17. The number of carboxylic acids is 1. The predicted octanol–water partition coefficient (Wildman–Crippen LogP) is 0.822. The van der Waals surface area contributed by atoms with Gasteiger partial charge in [0.25, 0.3) is 0 Å². The highest BCUT2D eigenvalue weighted by Crippen LogP contribution is 1.98. The van der Waals surface area contributed by atoms with Crippen LogP contribution in [-0.2, 0) is 11.3 Å². The Labute approximate surface area is 78.8 Å².